The zero-order valence-corrected chi connectivity index (χ0v) is 13.2. The van der Waals surface area contributed by atoms with Gasteiger partial charge in [-0.15, -0.1) is 11.3 Å². The molecule has 1 aromatic carbocycles. The van der Waals surface area contributed by atoms with Gasteiger partial charge in [-0.2, -0.15) is 0 Å². The van der Waals surface area contributed by atoms with Gasteiger partial charge in [-0.05, 0) is 32.4 Å². The molecule has 1 aromatic heterocycles. The number of nitrogen functional groups attached to an aromatic ring is 1. The number of amides is 1. The number of aromatic nitrogens is 1. The first-order valence-corrected chi connectivity index (χ1v) is 7.67. The highest BCUT2D eigenvalue weighted by molar-refractivity contribution is 7.15. The molecule has 0 atom stereocenters. The number of benzene rings is 1. The molecule has 0 bridgehead atoms. The normalized spacial score (nSPS) is 10.4. The Balaban J connectivity index is 2.27. The van der Waals surface area contributed by atoms with Crippen molar-refractivity contribution in [2.24, 2.45) is 0 Å². The highest BCUT2D eigenvalue weighted by Crippen LogP contribution is 2.27. The van der Waals surface area contributed by atoms with Gasteiger partial charge < -0.3 is 10.5 Å². The number of ether oxygens (including phenoxy) is 1. The third kappa shape index (κ3) is 3.33. The average molecular weight is 305 g/mol. The summed E-state index contributed by atoms with van der Waals surface area (Å²) >= 11 is 1.46. The van der Waals surface area contributed by atoms with Crippen LogP contribution in [0.3, 0.4) is 0 Å². The van der Waals surface area contributed by atoms with Crippen LogP contribution in [0.2, 0.25) is 0 Å². The first kappa shape index (κ1) is 15.3. The van der Waals surface area contributed by atoms with Crippen molar-refractivity contribution in [1.29, 1.82) is 0 Å². The van der Waals surface area contributed by atoms with E-state index in [0.29, 0.717) is 28.7 Å². The maximum Gasteiger partial charge on any atom is 0.263 e. The van der Waals surface area contributed by atoms with Crippen LogP contribution in [0, 0.1) is 6.92 Å². The molecule has 1 amide bonds. The second-order valence-electron chi connectivity index (χ2n) is 4.48. The van der Waals surface area contributed by atoms with E-state index in [2.05, 4.69) is 10.3 Å². The molecule has 0 radical (unpaired) electrons. The zero-order valence-electron chi connectivity index (χ0n) is 12.4. The Bertz CT molecular complexity index is 652. The Kier molecular flexibility index (Phi) is 4.80. The fourth-order valence-electron chi connectivity index (χ4n) is 2.04. The number of carbonyl (C=O) groups is 1. The minimum absolute atomic E-state index is 0.298. The molecule has 1 heterocycles. The van der Waals surface area contributed by atoms with Crippen molar-refractivity contribution in [3.05, 3.63) is 34.3 Å². The van der Waals surface area contributed by atoms with E-state index in [-0.39, 0.29) is 5.91 Å². The number of aryl methyl sites for hydroxylation is 2. The van der Waals surface area contributed by atoms with Crippen molar-refractivity contribution in [2.75, 3.05) is 17.7 Å². The maximum atomic E-state index is 12.4. The van der Waals surface area contributed by atoms with E-state index in [1.807, 2.05) is 20.8 Å². The van der Waals surface area contributed by atoms with Crippen LogP contribution in [0.5, 0.6) is 5.75 Å². The molecule has 0 aliphatic rings. The van der Waals surface area contributed by atoms with Gasteiger partial charge in [-0.3, -0.25) is 10.1 Å². The summed E-state index contributed by atoms with van der Waals surface area (Å²) in [7, 11) is 0. The number of nitrogens with zero attached hydrogens (tertiary/aromatic N) is 1. The third-order valence-corrected chi connectivity index (χ3v) is 3.96. The van der Waals surface area contributed by atoms with E-state index in [1.165, 1.54) is 11.3 Å². The van der Waals surface area contributed by atoms with Crippen molar-refractivity contribution in [1.82, 2.24) is 4.98 Å². The highest BCUT2D eigenvalue weighted by Gasteiger charge is 2.18. The van der Waals surface area contributed by atoms with E-state index in [9.17, 15) is 4.79 Å². The van der Waals surface area contributed by atoms with Crippen LogP contribution in [-0.4, -0.2) is 17.5 Å². The summed E-state index contributed by atoms with van der Waals surface area (Å²) in [4.78, 5) is 17.9. The summed E-state index contributed by atoms with van der Waals surface area (Å²) in [6.07, 6.45) is 0.843. The number of anilines is 2. The number of rotatable bonds is 5. The smallest absolute Gasteiger partial charge is 0.263 e. The standard InChI is InChI=1S/C15H19N3O2S/c1-4-11-9(3)21-15(17-11)18-14(19)13-10(16)7-6-8-12(13)20-5-2/h6-8H,4-5,16H2,1-3H3,(H,17,18,19). The topological polar surface area (TPSA) is 77.2 Å². The molecule has 2 aromatic rings. The lowest BCUT2D eigenvalue weighted by Gasteiger charge is -2.11. The van der Waals surface area contributed by atoms with Crippen molar-refractivity contribution in [3.63, 3.8) is 0 Å². The molecule has 0 aliphatic carbocycles. The first-order valence-electron chi connectivity index (χ1n) is 6.85. The van der Waals surface area contributed by atoms with Crippen LogP contribution in [0.1, 0.15) is 34.8 Å². The molecule has 0 aliphatic heterocycles. The Labute approximate surface area is 128 Å². The lowest BCUT2D eigenvalue weighted by atomic mass is 10.1. The Hall–Kier alpha value is -2.08. The molecule has 3 N–H and O–H groups in total. The largest absolute Gasteiger partial charge is 0.493 e. The summed E-state index contributed by atoms with van der Waals surface area (Å²) in [6, 6.07) is 5.18. The van der Waals surface area contributed by atoms with E-state index < -0.39 is 0 Å². The zero-order chi connectivity index (χ0) is 15.4. The van der Waals surface area contributed by atoms with Crippen molar-refractivity contribution in [2.45, 2.75) is 27.2 Å². The second-order valence-corrected chi connectivity index (χ2v) is 5.69. The van der Waals surface area contributed by atoms with Crippen LogP contribution in [-0.2, 0) is 6.42 Å². The first-order chi connectivity index (χ1) is 10.1. The fraction of sp³-hybridized carbons (Fsp3) is 0.333. The number of hydrogen-bond acceptors (Lipinski definition) is 5. The molecular weight excluding hydrogens is 286 g/mol. The number of nitrogens with two attached hydrogens (primary N) is 1. The van der Waals surface area contributed by atoms with Gasteiger partial charge in [0.15, 0.2) is 5.13 Å². The van der Waals surface area contributed by atoms with Crippen molar-refractivity contribution in [3.8, 4) is 5.75 Å². The minimum Gasteiger partial charge on any atom is -0.493 e. The monoisotopic (exact) mass is 305 g/mol. The molecule has 0 fully saturated rings. The van der Waals surface area contributed by atoms with Gasteiger partial charge in [0.1, 0.15) is 11.3 Å². The van der Waals surface area contributed by atoms with Crippen LogP contribution in [0.25, 0.3) is 0 Å². The molecule has 112 valence electrons. The van der Waals surface area contributed by atoms with Gasteiger partial charge in [0, 0.05) is 10.6 Å². The fourth-order valence-corrected chi connectivity index (χ4v) is 2.93. The lowest BCUT2D eigenvalue weighted by molar-refractivity contribution is 0.102. The van der Waals surface area contributed by atoms with Gasteiger partial charge in [0.2, 0.25) is 0 Å². The molecule has 2 rings (SSSR count). The van der Waals surface area contributed by atoms with Gasteiger partial charge >= 0.3 is 0 Å². The quantitative estimate of drug-likeness (QED) is 0.831. The molecule has 5 nitrogen and oxygen atoms in total. The molecule has 21 heavy (non-hydrogen) atoms. The molecule has 0 unspecified atom stereocenters. The predicted molar refractivity (Wildman–Crippen MR) is 86.2 cm³/mol. The third-order valence-electron chi connectivity index (χ3n) is 3.03. The van der Waals surface area contributed by atoms with E-state index in [4.69, 9.17) is 10.5 Å². The minimum atomic E-state index is -0.298. The van der Waals surface area contributed by atoms with Crippen molar-refractivity contribution >= 4 is 28.1 Å². The van der Waals surface area contributed by atoms with E-state index in [0.717, 1.165) is 17.0 Å². The number of thiazole rings is 1. The molecule has 0 spiro atoms. The van der Waals surface area contributed by atoms with Gasteiger partial charge in [0.25, 0.3) is 5.91 Å². The summed E-state index contributed by atoms with van der Waals surface area (Å²) in [5.41, 5.74) is 7.65. The Morgan fingerprint density at radius 1 is 1.43 bits per heavy atom. The second kappa shape index (κ2) is 6.58. The van der Waals surface area contributed by atoms with Gasteiger partial charge in [0.05, 0.1) is 12.3 Å². The average Bonchev–Trinajstić information content (AvgIpc) is 2.79. The summed E-state index contributed by atoms with van der Waals surface area (Å²) in [5, 5.41) is 3.39. The van der Waals surface area contributed by atoms with Crippen molar-refractivity contribution < 1.29 is 9.53 Å². The summed E-state index contributed by atoms with van der Waals surface area (Å²) in [5.74, 6) is 0.187. The lowest BCUT2D eigenvalue weighted by Crippen LogP contribution is -2.15. The van der Waals surface area contributed by atoms with Gasteiger partial charge in [-0.1, -0.05) is 13.0 Å². The predicted octanol–water partition coefficient (Wildman–Crippen LogP) is 3.25. The maximum absolute atomic E-state index is 12.4. The van der Waals surface area contributed by atoms with Gasteiger partial charge in [-0.25, -0.2) is 4.98 Å². The molecular formula is C15H19N3O2S. The molecule has 6 heteroatoms. The van der Waals surface area contributed by atoms with Crippen LogP contribution in [0.15, 0.2) is 18.2 Å². The Morgan fingerprint density at radius 3 is 2.81 bits per heavy atom. The molecule has 0 saturated carbocycles. The summed E-state index contributed by atoms with van der Waals surface area (Å²) < 4.78 is 5.47. The highest BCUT2D eigenvalue weighted by atomic mass is 32.1. The SMILES string of the molecule is CCOc1cccc(N)c1C(=O)Nc1nc(CC)c(C)s1. The number of nitrogens with one attached hydrogen (secondary N) is 1. The number of carbonyl (C=O) groups excluding carboxylic acids is 1. The number of hydrogen-bond donors (Lipinski definition) is 2. The van der Waals surface area contributed by atoms with E-state index >= 15 is 0 Å². The Morgan fingerprint density at radius 2 is 2.19 bits per heavy atom. The van der Waals surface area contributed by atoms with E-state index in [1.54, 1.807) is 18.2 Å². The van der Waals surface area contributed by atoms with Crippen LogP contribution < -0.4 is 15.8 Å². The molecule has 0 saturated heterocycles. The van der Waals surface area contributed by atoms with Crippen LogP contribution in [0.4, 0.5) is 10.8 Å². The van der Waals surface area contributed by atoms with Crippen LogP contribution >= 0.6 is 11.3 Å². The summed E-state index contributed by atoms with van der Waals surface area (Å²) in [6.45, 7) is 6.37.